The van der Waals surface area contributed by atoms with Gasteiger partial charge in [0.2, 0.25) is 0 Å². The van der Waals surface area contributed by atoms with E-state index >= 15 is 0 Å². The van der Waals surface area contributed by atoms with E-state index in [0.29, 0.717) is 24.5 Å². The van der Waals surface area contributed by atoms with Gasteiger partial charge in [-0.1, -0.05) is 12.1 Å². The number of anilines is 1. The van der Waals surface area contributed by atoms with Crippen LogP contribution in [0.15, 0.2) is 53.4 Å². The van der Waals surface area contributed by atoms with Gasteiger partial charge in [-0.3, -0.25) is 4.79 Å². The zero-order chi connectivity index (χ0) is 15.7. The van der Waals surface area contributed by atoms with E-state index < -0.39 is 9.84 Å². The first kappa shape index (κ1) is 14.6. The summed E-state index contributed by atoms with van der Waals surface area (Å²) in [6, 6.07) is 13.3. The van der Waals surface area contributed by atoms with E-state index in [1.165, 1.54) is 24.3 Å². The highest BCUT2D eigenvalue weighted by molar-refractivity contribution is 7.90. The molecule has 1 amide bonds. The summed E-state index contributed by atoms with van der Waals surface area (Å²) in [6.45, 7) is 0.897. The third-order valence-electron chi connectivity index (χ3n) is 3.50. The Morgan fingerprint density at radius 1 is 1.09 bits per heavy atom. The zero-order valence-corrected chi connectivity index (χ0v) is 12.8. The number of sulfone groups is 1. The van der Waals surface area contributed by atoms with Crippen molar-refractivity contribution in [2.75, 3.05) is 24.3 Å². The fourth-order valence-electron chi connectivity index (χ4n) is 2.38. The smallest absolute Gasteiger partial charge is 0.258 e. The van der Waals surface area contributed by atoms with Crippen LogP contribution in [-0.4, -0.2) is 33.7 Å². The topological polar surface area (TPSA) is 63.7 Å². The normalized spacial score (nSPS) is 14.1. The number of fused-ring (bicyclic) bond motifs is 1. The molecule has 0 N–H and O–H groups in total. The van der Waals surface area contributed by atoms with Crippen LogP contribution in [0.3, 0.4) is 0 Å². The van der Waals surface area contributed by atoms with Gasteiger partial charge in [0.1, 0.15) is 12.4 Å². The van der Waals surface area contributed by atoms with Crippen molar-refractivity contribution in [3.63, 3.8) is 0 Å². The van der Waals surface area contributed by atoms with E-state index in [1.807, 2.05) is 24.3 Å². The number of hydrogen-bond donors (Lipinski definition) is 0. The number of para-hydroxylation sites is 2. The van der Waals surface area contributed by atoms with E-state index in [9.17, 15) is 13.2 Å². The molecule has 0 aromatic heterocycles. The Morgan fingerprint density at radius 2 is 1.77 bits per heavy atom. The van der Waals surface area contributed by atoms with Crippen molar-refractivity contribution >= 4 is 21.4 Å². The van der Waals surface area contributed by atoms with Crippen LogP contribution in [-0.2, 0) is 9.84 Å². The number of hydrogen-bond acceptors (Lipinski definition) is 4. The van der Waals surface area contributed by atoms with Crippen LogP contribution >= 0.6 is 0 Å². The van der Waals surface area contributed by atoms with Crippen molar-refractivity contribution in [1.29, 1.82) is 0 Å². The maximum atomic E-state index is 12.6. The molecule has 0 saturated carbocycles. The molecule has 0 aliphatic carbocycles. The molecule has 1 aliphatic rings. The first-order valence-corrected chi connectivity index (χ1v) is 8.70. The molecule has 0 fully saturated rings. The fraction of sp³-hybridized carbons (Fsp3) is 0.188. The molecule has 5 nitrogen and oxygen atoms in total. The van der Waals surface area contributed by atoms with E-state index in [4.69, 9.17) is 4.74 Å². The second kappa shape index (κ2) is 5.46. The van der Waals surface area contributed by atoms with E-state index in [0.717, 1.165) is 11.9 Å². The Kier molecular flexibility index (Phi) is 3.62. The molecule has 1 aliphatic heterocycles. The highest BCUT2D eigenvalue weighted by atomic mass is 32.2. The predicted molar refractivity (Wildman–Crippen MR) is 83.2 cm³/mol. The van der Waals surface area contributed by atoms with Crippen molar-refractivity contribution in [3.8, 4) is 5.75 Å². The number of carbonyl (C=O) groups excluding carboxylic acids is 1. The van der Waals surface area contributed by atoms with Gasteiger partial charge in [0, 0.05) is 11.8 Å². The Morgan fingerprint density at radius 3 is 2.45 bits per heavy atom. The van der Waals surface area contributed by atoms with Gasteiger partial charge in [0.25, 0.3) is 5.91 Å². The van der Waals surface area contributed by atoms with Crippen molar-refractivity contribution in [3.05, 3.63) is 54.1 Å². The highest BCUT2D eigenvalue weighted by Gasteiger charge is 2.24. The largest absolute Gasteiger partial charge is 0.490 e. The summed E-state index contributed by atoms with van der Waals surface area (Å²) < 4.78 is 28.5. The van der Waals surface area contributed by atoms with Crippen molar-refractivity contribution in [2.45, 2.75) is 4.90 Å². The van der Waals surface area contributed by atoms with Crippen molar-refractivity contribution in [1.82, 2.24) is 0 Å². The lowest BCUT2D eigenvalue weighted by atomic mass is 10.1. The number of rotatable bonds is 2. The molecule has 22 heavy (non-hydrogen) atoms. The molecular formula is C16H15NO4S. The summed E-state index contributed by atoms with van der Waals surface area (Å²) in [5.74, 6) is 0.505. The van der Waals surface area contributed by atoms with Gasteiger partial charge in [-0.2, -0.15) is 0 Å². The Balaban J connectivity index is 1.92. The monoisotopic (exact) mass is 317 g/mol. The lowest BCUT2D eigenvalue weighted by molar-refractivity contribution is 0.0976. The van der Waals surface area contributed by atoms with Gasteiger partial charge in [0.15, 0.2) is 9.84 Å². The molecule has 3 rings (SSSR count). The van der Waals surface area contributed by atoms with Gasteiger partial charge < -0.3 is 9.64 Å². The first-order chi connectivity index (χ1) is 10.5. The summed E-state index contributed by atoms with van der Waals surface area (Å²) >= 11 is 0. The van der Waals surface area contributed by atoms with Gasteiger partial charge in [-0.05, 0) is 36.4 Å². The van der Waals surface area contributed by atoms with Crippen LogP contribution < -0.4 is 9.64 Å². The minimum atomic E-state index is -3.26. The van der Waals surface area contributed by atoms with Gasteiger partial charge in [-0.15, -0.1) is 0 Å². The van der Waals surface area contributed by atoms with Crippen molar-refractivity contribution in [2.24, 2.45) is 0 Å². The number of benzene rings is 2. The molecular weight excluding hydrogens is 302 g/mol. The molecule has 6 heteroatoms. The lowest BCUT2D eigenvalue weighted by Gasteiger charge is -2.29. The van der Waals surface area contributed by atoms with Crippen LogP contribution in [0.4, 0.5) is 5.69 Å². The van der Waals surface area contributed by atoms with E-state index in [-0.39, 0.29) is 10.8 Å². The highest BCUT2D eigenvalue weighted by Crippen LogP contribution is 2.32. The minimum absolute atomic E-state index is 0.171. The summed E-state index contributed by atoms with van der Waals surface area (Å²) in [6.07, 6.45) is 1.14. The summed E-state index contributed by atoms with van der Waals surface area (Å²) in [7, 11) is -3.26. The molecule has 0 bridgehead atoms. The second-order valence-corrected chi connectivity index (χ2v) is 7.09. The fourth-order valence-corrected chi connectivity index (χ4v) is 3.01. The molecule has 0 spiro atoms. The third-order valence-corrected chi connectivity index (χ3v) is 4.63. The third kappa shape index (κ3) is 2.69. The lowest BCUT2D eigenvalue weighted by Crippen LogP contribution is -2.37. The van der Waals surface area contributed by atoms with E-state index in [1.54, 1.807) is 4.90 Å². The Labute approximate surface area is 129 Å². The average Bonchev–Trinajstić information content (AvgIpc) is 2.53. The van der Waals surface area contributed by atoms with Gasteiger partial charge in [0.05, 0.1) is 17.1 Å². The quantitative estimate of drug-likeness (QED) is 0.851. The van der Waals surface area contributed by atoms with Gasteiger partial charge >= 0.3 is 0 Å². The summed E-state index contributed by atoms with van der Waals surface area (Å²) in [5, 5.41) is 0. The maximum absolute atomic E-state index is 12.6. The standard InChI is InChI=1S/C16H15NO4S/c1-22(19,20)13-8-6-12(7-9-13)16(18)17-10-11-21-15-5-3-2-4-14(15)17/h2-9H,10-11H2,1H3. The minimum Gasteiger partial charge on any atom is -0.490 e. The summed E-state index contributed by atoms with van der Waals surface area (Å²) in [5.41, 5.74) is 1.18. The molecule has 2 aromatic rings. The molecule has 0 unspecified atom stereocenters. The molecule has 1 heterocycles. The Hall–Kier alpha value is -2.34. The molecule has 0 saturated heterocycles. The summed E-state index contributed by atoms with van der Waals surface area (Å²) in [4.78, 5) is 14.5. The van der Waals surface area contributed by atoms with E-state index in [2.05, 4.69) is 0 Å². The van der Waals surface area contributed by atoms with Crippen LogP contribution in [0.5, 0.6) is 5.75 Å². The average molecular weight is 317 g/mol. The van der Waals surface area contributed by atoms with Crippen LogP contribution in [0.1, 0.15) is 10.4 Å². The predicted octanol–water partition coefficient (Wildman–Crippen LogP) is 2.13. The van der Waals surface area contributed by atoms with Crippen molar-refractivity contribution < 1.29 is 17.9 Å². The zero-order valence-electron chi connectivity index (χ0n) is 12.0. The van der Waals surface area contributed by atoms with Crippen LogP contribution in [0, 0.1) is 0 Å². The first-order valence-electron chi connectivity index (χ1n) is 6.80. The number of carbonyl (C=O) groups is 1. The number of nitrogens with zero attached hydrogens (tertiary/aromatic N) is 1. The second-order valence-electron chi connectivity index (χ2n) is 5.07. The van der Waals surface area contributed by atoms with Crippen LogP contribution in [0.25, 0.3) is 0 Å². The van der Waals surface area contributed by atoms with Crippen LogP contribution in [0.2, 0.25) is 0 Å². The Bertz CT molecular complexity index is 812. The number of amides is 1. The molecule has 0 atom stereocenters. The molecule has 114 valence electrons. The number of ether oxygens (including phenoxy) is 1. The maximum Gasteiger partial charge on any atom is 0.258 e. The molecule has 0 radical (unpaired) electrons. The molecule has 2 aromatic carbocycles. The van der Waals surface area contributed by atoms with Gasteiger partial charge in [-0.25, -0.2) is 8.42 Å². The SMILES string of the molecule is CS(=O)(=O)c1ccc(C(=O)N2CCOc3ccccc32)cc1.